The molecule has 0 bridgehead atoms. The van der Waals surface area contributed by atoms with Crippen molar-refractivity contribution in [2.75, 3.05) is 24.6 Å². The smallest absolute Gasteiger partial charge is 0.161 e. The summed E-state index contributed by atoms with van der Waals surface area (Å²) in [5.74, 6) is 1.83. The quantitative estimate of drug-likeness (QED) is 0.814. The maximum absolute atomic E-state index is 10.8. The zero-order valence-electron chi connectivity index (χ0n) is 17.0. The Morgan fingerprint density at radius 2 is 1.83 bits per heavy atom. The summed E-state index contributed by atoms with van der Waals surface area (Å²) < 4.78 is 6.05. The second kappa shape index (κ2) is 7.04. The molecule has 1 aromatic heterocycles. The highest BCUT2D eigenvalue weighted by Gasteiger charge is 2.52. The van der Waals surface area contributed by atoms with Gasteiger partial charge >= 0.3 is 0 Å². The van der Waals surface area contributed by atoms with Crippen LogP contribution < -0.4 is 4.90 Å². The molecule has 29 heavy (non-hydrogen) atoms. The Bertz CT molecular complexity index is 892. The molecule has 1 aliphatic carbocycles. The summed E-state index contributed by atoms with van der Waals surface area (Å²) in [5, 5.41) is 21.4. The lowest BCUT2D eigenvalue weighted by Crippen LogP contribution is -2.64. The van der Waals surface area contributed by atoms with Crippen molar-refractivity contribution in [2.24, 2.45) is 0 Å². The van der Waals surface area contributed by atoms with Gasteiger partial charge in [0, 0.05) is 36.3 Å². The second-order valence-electron chi connectivity index (χ2n) is 8.93. The van der Waals surface area contributed by atoms with Gasteiger partial charge in [0.25, 0.3) is 0 Å². The van der Waals surface area contributed by atoms with E-state index in [9.17, 15) is 10.2 Å². The molecule has 2 N–H and O–H groups in total. The fourth-order valence-corrected chi connectivity index (χ4v) is 5.15. The number of piperidine rings is 1. The van der Waals surface area contributed by atoms with Gasteiger partial charge in [-0.25, -0.2) is 9.97 Å². The first kappa shape index (κ1) is 19.0. The van der Waals surface area contributed by atoms with Crippen molar-refractivity contribution in [3.05, 3.63) is 41.6 Å². The summed E-state index contributed by atoms with van der Waals surface area (Å²) in [6.07, 6.45) is 4.13. The largest absolute Gasteiger partial charge is 0.387 e. The highest BCUT2D eigenvalue weighted by Crippen LogP contribution is 2.41. The van der Waals surface area contributed by atoms with E-state index in [0.29, 0.717) is 25.9 Å². The number of nitrogens with zero attached hydrogens (tertiary/aromatic N) is 3. The van der Waals surface area contributed by atoms with Gasteiger partial charge in [0.2, 0.25) is 0 Å². The van der Waals surface area contributed by atoms with Gasteiger partial charge in [0.1, 0.15) is 17.5 Å². The van der Waals surface area contributed by atoms with E-state index in [4.69, 9.17) is 14.7 Å². The van der Waals surface area contributed by atoms with Crippen molar-refractivity contribution in [2.45, 2.75) is 62.8 Å². The number of fused-ring (bicyclic) bond motifs is 1. The van der Waals surface area contributed by atoms with Crippen LogP contribution in [0.5, 0.6) is 0 Å². The lowest BCUT2D eigenvalue weighted by Gasteiger charge is -2.51. The van der Waals surface area contributed by atoms with Gasteiger partial charge in [-0.1, -0.05) is 30.3 Å². The van der Waals surface area contributed by atoms with E-state index in [0.717, 1.165) is 49.6 Å². The van der Waals surface area contributed by atoms with E-state index < -0.39 is 17.3 Å². The monoisotopic (exact) mass is 395 g/mol. The number of anilines is 1. The van der Waals surface area contributed by atoms with E-state index in [-0.39, 0.29) is 0 Å². The van der Waals surface area contributed by atoms with Crippen LogP contribution in [0.4, 0.5) is 5.82 Å². The van der Waals surface area contributed by atoms with Gasteiger partial charge in [-0.3, -0.25) is 0 Å². The van der Waals surface area contributed by atoms with Crippen molar-refractivity contribution in [3.63, 3.8) is 0 Å². The van der Waals surface area contributed by atoms with Gasteiger partial charge in [-0.15, -0.1) is 0 Å². The number of hydrogen-bond donors (Lipinski definition) is 2. The fourth-order valence-electron chi connectivity index (χ4n) is 5.15. The van der Waals surface area contributed by atoms with Crippen LogP contribution in [0.25, 0.3) is 11.4 Å². The fraction of sp³-hybridized carbons (Fsp3) is 0.565. The number of aryl methyl sites for hydroxylation is 1. The predicted molar refractivity (Wildman–Crippen MR) is 111 cm³/mol. The maximum Gasteiger partial charge on any atom is 0.161 e. The Balaban J connectivity index is 1.43. The molecule has 3 heterocycles. The topological polar surface area (TPSA) is 78.7 Å². The van der Waals surface area contributed by atoms with Crippen LogP contribution in [0, 0.1) is 0 Å². The molecule has 154 valence electrons. The zero-order valence-corrected chi connectivity index (χ0v) is 17.0. The molecule has 6 nitrogen and oxygen atoms in total. The predicted octanol–water partition coefficient (Wildman–Crippen LogP) is 2.50. The zero-order chi connectivity index (χ0) is 20.1. The van der Waals surface area contributed by atoms with Gasteiger partial charge in [0.05, 0.1) is 12.2 Å². The molecule has 0 amide bonds. The van der Waals surface area contributed by atoms with Gasteiger partial charge in [0.15, 0.2) is 5.82 Å². The molecule has 3 aliphatic rings. The Morgan fingerprint density at radius 3 is 2.59 bits per heavy atom. The third-order valence-electron chi connectivity index (χ3n) is 6.94. The Labute approximate surface area is 171 Å². The number of ether oxygens (including phenoxy) is 1. The molecular formula is C23H29N3O3. The van der Waals surface area contributed by atoms with E-state index in [1.54, 1.807) is 6.92 Å². The van der Waals surface area contributed by atoms with Gasteiger partial charge < -0.3 is 19.8 Å². The third-order valence-corrected chi connectivity index (χ3v) is 6.94. The normalized spacial score (nSPS) is 28.5. The molecule has 1 spiro atoms. The second-order valence-corrected chi connectivity index (χ2v) is 8.93. The first-order chi connectivity index (χ1) is 14.0. The van der Waals surface area contributed by atoms with Crippen LogP contribution in [0.2, 0.25) is 0 Å². The summed E-state index contributed by atoms with van der Waals surface area (Å²) >= 11 is 0. The molecular weight excluding hydrogens is 366 g/mol. The van der Waals surface area contributed by atoms with Gasteiger partial charge in [-0.2, -0.15) is 0 Å². The number of aromatic nitrogens is 2. The van der Waals surface area contributed by atoms with Crippen LogP contribution in [0.3, 0.4) is 0 Å². The van der Waals surface area contributed by atoms with Crippen LogP contribution in [0.1, 0.15) is 43.9 Å². The minimum absolute atomic E-state index is 0.472. The molecule has 0 unspecified atom stereocenters. The van der Waals surface area contributed by atoms with Gasteiger partial charge in [-0.05, 0) is 39.0 Å². The van der Waals surface area contributed by atoms with Crippen molar-refractivity contribution < 1.29 is 14.9 Å². The van der Waals surface area contributed by atoms with Crippen molar-refractivity contribution in [1.29, 1.82) is 0 Å². The molecule has 1 aromatic carbocycles. The third kappa shape index (κ3) is 3.23. The minimum Gasteiger partial charge on any atom is -0.387 e. The summed E-state index contributed by atoms with van der Waals surface area (Å²) in [6.45, 7) is 3.72. The Morgan fingerprint density at radius 1 is 1.07 bits per heavy atom. The standard InChI is InChI=1S/C23H29N3O3/c1-22(28)12-15-29-23(21(22)27)10-13-26(14-11-23)20-17-8-5-9-18(17)24-19(25-20)16-6-3-2-4-7-16/h2-4,6-7,21,27-28H,5,8-15H2,1H3/t21-,22+/m0/s1. The lowest BCUT2D eigenvalue weighted by molar-refractivity contribution is -0.239. The number of rotatable bonds is 2. The van der Waals surface area contributed by atoms with Crippen molar-refractivity contribution in [3.8, 4) is 11.4 Å². The summed E-state index contributed by atoms with van der Waals surface area (Å²) in [4.78, 5) is 12.2. The van der Waals surface area contributed by atoms with Crippen LogP contribution in [0.15, 0.2) is 30.3 Å². The Kier molecular flexibility index (Phi) is 4.61. The number of hydrogen-bond acceptors (Lipinski definition) is 6. The average Bonchev–Trinajstić information content (AvgIpc) is 3.21. The molecule has 2 aliphatic heterocycles. The first-order valence-corrected chi connectivity index (χ1v) is 10.7. The number of aliphatic hydroxyl groups excluding tert-OH is 1. The summed E-state index contributed by atoms with van der Waals surface area (Å²) in [7, 11) is 0. The number of benzene rings is 1. The van der Waals surface area contributed by atoms with E-state index >= 15 is 0 Å². The molecule has 2 fully saturated rings. The highest BCUT2D eigenvalue weighted by molar-refractivity contribution is 5.61. The summed E-state index contributed by atoms with van der Waals surface area (Å²) in [6, 6.07) is 10.2. The minimum atomic E-state index is -1.09. The Hall–Kier alpha value is -2.02. The molecule has 2 atom stereocenters. The SMILES string of the molecule is C[C@@]1(O)CCOC2(CCN(c3nc(-c4ccccc4)nc4c3CCC4)CC2)[C@H]1O. The molecule has 5 rings (SSSR count). The molecule has 0 radical (unpaired) electrons. The van der Waals surface area contributed by atoms with E-state index in [2.05, 4.69) is 17.0 Å². The maximum atomic E-state index is 10.8. The molecule has 6 heteroatoms. The van der Waals surface area contributed by atoms with Crippen LogP contribution in [-0.2, 0) is 17.6 Å². The first-order valence-electron chi connectivity index (χ1n) is 10.7. The van der Waals surface area contributed by atoms with E-state index in [1.165, 1.54) is 11.3 Å². The van der Waals surface area contributed by atoms with Crippen LogP contribution >= 0.6 is 0 Å². The molecule has 0 saturated carbocycles. The van der Waals surface area contributed by atoms with Crippen LogP contribution in [-0.4, -0.2) is 57.2 Å². The summed E-state index contributed by atoms with van der Waals surface area (Å²) in [5.41, 5.74) is 1.75. The van der Waals surface area contributed by atoms with Crippen molar-refractivity contribution >= 4 is 5.82 Å². The van der Waals surface area contributed by atoms with E-state index in [1.807, 2.05) is 18.2 Å². The average molecular weight is 396 g/mol. The lowest BCUT2D eigenvalue weighted by atomic mass is 9.75. The molecule has 2 saturated heterocycles. The van der Waals surface area contributed by atoms with Crippen molar-refractivity contribution in [1.82, 2.24) is 9.97 Å². The highest BCUT2D eigenvalue weighted by atomic mass is 16.5. The molecule has 2 aromatic rings. The number of aliphatic hydroxyl groups is 2.